The highest BCUT2D eigenvalue weighted by Crippen LogP contribution is 2.32. The van der Waals surface area contributed by atoms with Crippen molar-refractivity contribution in [2.75, 3.05) is 18.4 Å². The SMILES string of the molecule is O=C(c1ccc(O)cc1)C1CCN(C(=O)c2ccc(NC3CC3)c([N+](=O)[O-])c2)CC1. The Morgan fingerprint density at radius 2 is 1.63 bits per heavy atom. The Balaban J connectivity index is 1.41. The van der Waals surface area contributed by atoms with Crippen LogP contribution in [0.1, 0.15) is 46.4 Å². The molecule has 2 fully saturated rings. The Bertz CT molecular complexity index is 977. The van der Waals surface area contributed by atoms with Crippen LogP contribution in [0.5, 0.6) is 5.75 Å². The molecule has 8 nitrogen and oxygen atoms in total. The molecule has 0 spiro atoms. The number of piperidine rings is 1. The van der Waals surface area contributed by atoms with E-state index < -0.39 is 4.92 Å². The molecule has 1 saturated heterocycles. The van der Waals surface area contributed by atoms with Gasteiger partial charge in [-0.2, -0.15) is 0 Å². The number of phenols is 1. The third-order valence-corrected chi connectivity index (χ3v) is 5.68. The Morgan fingerprint density at radius 3 is 2.23 bits per heavy atom. The van der Waals surface area contributed by atoms with E-state index in [0.29, 0.717) is 37.2 Å². The molecule has 0 unspecified atom stereocenters. The van der Waals surface area contributed by atoms with Crippen LogP contribution in [0.2, 0.25) is 0 Å². The summed E-state index contributed by atoms with van der Waals surface area (Å²) in [6.07, 6.45) is 3.06. The number of amides is 1. The van der Waals surface area contributed by atoms with Gasteiger partial charge in [0, 0.05) is 42.2 Å². The Morgan fingerprint density at radius 1 is 1.00 bits per heavy atom. The minimum atomic E-state index is -0.468. The van der Waals surface area contributed by atoms with Gasteiger partial charge in [0.1, 0.15) is 11.4 Å². The Hall–Kier alpha value is -3.42. The van der Waals surface area contributed by atoms with E-state index in [1.165, 1.54) is 18.2 Å². The second-order valence-electron chi connectivity index (χ2n) is 7.89. The van der Waals surface area contributed by atoms with Crippen LogP contribution in [0.25, 0.3) is 0 Å². The van der Waals surface area contributed by atoms with Crippen LogP contribution in [0.3, 0.4) is 0 Å². The third kappa shape index (κ3) is 4.27. The largest absolute Gasteiger partial charge is 0.508 e. The van der Waals surface area contributed by atoms with Gasteiger partial charge in [0.2, 0.25) is 0 Å². The number of nitro benzene ring substituents is 1. The first kappa shape index (κ1) is 19.9. The quantitative estimate of drug-likeness (QED) is 0.428. The number of benzene rings is 2. The number of phenolic OH excluding ortho intramolecular Hbond substituents is 1. The van der Waals surface area contributed by atoms with Crippen molar-refractivity contribution in [3.05, 3.63) is 63.7 Å². The molecule has 0 bridgehead atoms. The minimum Gasteiger partial charge on any atom is -0.508 e. The summed E-state index contributed by atoms with van der Waals surface area (Å²) in [5.41, 5.74) is 1.18. The zero-order chi connectivity index (χ0) is 21.3. The van der Waals surface area contributed by atoms with Gasteiger partial charge in [0.15, 0.2) is 5.78 Å². The van der Waals surface area contributed by atoms with Crippen molar-refractivity contribution in [3.63, 3.8) is 0 Å². The molecule has 2 aliphatic rings. The van der Waals surface area contributed by atoms with Gasteiger partial charge in [-0.3, -0.25) is 19.7 Å². The van der Waals surface area contributed by atoms with Crippen LogP contribution in [0, 0.1) is 16.0 Å². The monoisotopic (exact) mass is 409 g/mol. The normalized spacial score (nSPS) is 16.9. The summed E-state index contributed by atoms with van der Waals surface area (Å²) in [5, 5.41) is 23.9. The fraction of sp³-hybridized carbons (Fsp3) is 0.364. The molecule has 4 rings (SSSR count). The number of nitrogens with zero attached hydrogens (tertiary/aromatic N) is 2. The van der Waals surface area contributed by atoms with Crippen LogP contribution in [-0.2, 0) is 0 Å². The molecule has 0 atom stereocenters. The fourth-order valence-electron chi connectivity index (χ4n) is 3.77. The molecule has 1 aliphatic carbocycles. The molecule has 1 amide bonds. The van der Waals surface area contributed by atoms with Gasteiger partial charge in [0.25, 0.3) is 11.6 Å². The number of anilines is 1. The standard InChI is InChI=1S/C22H23N3O5/c26-18-6-1-14(2-7-18)21(27)15-9-11-24(12-10-15)22(28)16-3-8-19(23-17-4-5-17)20(13-16)25(29)30/h1-3,6-8,13,15,17,23,26H,4-5,9-12H2. The summed E-state index contributed by atoms with van der Waals surface area (Å²) in [4.78, 5) is 38.1. The first-order valence-corrected chi connectivity index (χ1v) is 10.1. The molecule has 0 radical (unpaired) electrons. The van der Waals surface area contributed by atoms with Crippen LogP contribution >= 0.6 is 0 Å². The highest BCUT2D eigenvalue weighted by Gasteiger charge is 2.30. The highest BCUT2D eigenvalue weighted by molar-refractivity contribution is 5.99. The van der Waals surface area contributed by atoms with Gasteiger partial charge in [-0.15, -0.1) is 0 Å². The van der Waals surface area contributed by atoms with Crippen molar-refractivity contribution in [2.45, 2.75) is 31.7 Å². The maximum absolute atomic E-state index is 12.9. The number of aromatic hydroxyl groups is 1. The number of nitro groups is 1. The third-order valence-electron chi connectivity index (χ3n) is 5.68. The predicted octanol–water partition coefficient (Wildman–Crippen LogP) is 3.61. The van der Waals surface area contributed by atoms with E-state index in [1.54, 1.807) is 29.2 Å². The summed E-state index contributed by atoms with van der Waals surface area (Å²) >= 11 is 0. The summed E-state index contributed by atoms with van der Waals surface area (Å²) < 4.78 is 0. The zero-order valence-electron chi connectivity index (χ0n) is 16.4. The van der Waals surface area contributed by atoms with Gasteiger partial charge in [-0.05, 0) is 62.1 Å². The highest BCUT2D eigenvalue weighted by atomic mass is 16.6. The summed E-state index contributed by atoms with van der Waals surface area (Å²) in [6, 6.07) is 11.0. The molecule has 1 saturated carbocycles. The summed E-state index contributed by atoms with van der Waals surface area (Å²) in [5.74, 6) is -0.322. The predicted molar refractivity (Wildman–Crippen MR) is 111 cm³/mol. The van der Waals surface area contributed by atoms with Crippen molar-refractivity contribution in [3.8, 4) is 5.75 Å². The van der Waals surface area contributed by atoms with Gasteiger partial charge < -0.3 is 15.3 Å². The number of nitrogens with one attached hydrogen (secondary N) is 1. The summed E-state index contributed by atoms with van der Waals surface area (Å²) in [7, 11) is 0. The van der Waals surface area contributed by atoms with Gasteiger partial charge in [0.05, 0.1) is 4.92 Å². The van der Waals surface area contributed by atoms with Gasteiger partial charge in [-0.25, -0.2) is 0 Å². The topological polar surface area (TPSA) is 113 Å². The molecule has 2 N–H and O–H groups in total. The van der Waals surface area contributed by atoms with E-state index in [9.17, 15) is 24.8 Å². The second kappa shape index (κ2) is 8.14. The fourth-order valence-corrected chi connectivity index (χ4v) is 3.77. The van der Waals surface area contributed by atoms with E-state index in [-0.39, 0.29) is 40.7 Å². The van der Waals surface area contributed by atoms with Crippen molar-refractivity contribution in [1.82, 2.24) is 4.90 Å². The van der Waals surface area contributed by atoms with Crippen molar-refractivity contribution < 1.29 is 19.6 Å². The van der Waals surface area contributed by atoms with E-state index in [1.807, 2.05) is 0 Å². The van der Waals surface area contributed by atoms with Gasteiger partial charge in [-0.1, -0.05) is 0 Å². The molecule has 2 aromatic rings. The molecule has 8 heteroatoms. The Kier molecular flexibility index (Phi) is 5.39. The van der Waals surface area contributed by atoms with Crippen molar-refractivity contribution in [1.29, 1.82) is 0 Å². The number of rotatable bonds is 6. The van der Waals surface area contributed by atoms with E-state index >= 15 is 0 Å². The number of hydrogen-bond acceptors (Lipinski definition) is 6. The lowest BCUT2D eigenvalue weighted by Crippen LogP contribution is -2.40. The van der Waals surface area contributed by atoms with Gasteiger partial charge >= 0.3 is 0 Å². The number of Topliss-reactive ketones (excluding diaryl/α,β-unsaturated/α-hetero) is 1. The van der Waals surface area contributed by atoms with Crippen LogP contribution in [-0.4, -0.2) is 45.8 Å². The minimum absolute atomic E-state index is 0.00763. The maximum atomic E-state index is 12.9. The molecule has 1 aliphatic heterocycles. The molecular formula is C22H23N3O5. The average Bonchev–Trinajstić information content (AvgIpc) is 3.57. The lowest BCUT2D eigenvalue weighted by Gasteiger charge is -2.31. The molecule has 156 valence electrons. The maximum Gasteiger partial charge on any atom is 0.293 e. The first-order valence-electron chi connectivity index (χ1n) is 10.1. The molecule has 2 aromatic carbocycles. The van der Waals surface area contributed by atoms with Crippen molar-refractivity contribution in [2.24, 2.45) is 5.92 Å². The lowest BCUT2D eigenvalue weighted by molar-refractivity contribution is -0.384. The number of hydrogen-bond donors (Lipinski definition) is 2. The summed E-state index contributed by atoms with van der Waals surface area (Å²) in [6.45, 7) is 0.840. The number of carbonyl (C=O) groups excluding carboxylic acids is 2. The second-order valence-corrected chi connectivity index (χ2v) is 7.89. The average molecular weight is 409 g/mol. The first-order chi connectivity index (χ1) is 14.4. The molecular weight excluding hydrogens is 386 g/mol. The number of carbonyl (C=O) groups is 2. The zero-order valence-corrected chi connectivity index (χ0v) is 16.4. The van der Waals surface area contributed by atoms with Crippen LogP contribution in [0.4, 0.5) is 11.4 Å². The van der Waals surface area contributed by atoms with E-state index in [2.05, 4.69) is 5.32 Å². The smallest absolute Gasteiger partial charge is 0.293 e. The van der Waals surface area contributed by atoms with Crippen LogP contribution < -0.4 is 5.32 Å². The Labute approximate surface area is 173 Å². The molecule has 0 aromatic heterocycles. The van der Waals surface area contributed by atoms with E-state index in [0.717, 1.165) is 12.8 Å². The molecule has 30 heavy (non-hydrogen) atoms. The molecule has 1 heterocycles. The van der Waals surface area contributed by atoms with Crippen molar-refractivity contribution >= 4 is 23.1 Å². The number of likely N-dealkylation sites (tertiary alicyclic amines) is 1. The van der Waals surface area contributed by atoms with Crippen LogP contribution in [0.15, 0.2) is 42.5 Å². The number of ketones is 1. The lowest BCUT2D eigenvalue weighted by atomic mass is 9.88. The van der Waals surface area contributed by atoms with E-state index in [4.69, 9.17) is 0 Å².